The number of benzene rings is 1. The number of amides is 1. The molecule has 140 valence electrons. The van der Waals surface area contributed by atoms with Gasteiger partial charge < -0.3 is 20.1 Å². The summed E-state index contributed by atoms with van der Waals surface area (Å²) in [5.41, 5.74) is 0.654. The van der Waals surface area contributed by atoms with Crippen molar-refractivity contribution in [1.29, 1.82) is 0 Å². The Hall–Kier alpha value is -1.59. The van der Waals surface area contributed by atoms with Gasteiger partial charge in [-0.15, -0.1) is 0 Å². The second kappa shape index (κ2) is 9.20. The van der Waals surface area contributed by atoms with E-state index in [2.05, 4.69) is 24.5 Å². The Labute approximate surface area is 151 Å². The summed E-state index contributed by atoms with van der Waals surface area (Å²) in [6.07, 6.45) is 1.61. The molecule has 0 aromatic heterocycles. The SMILES string of the molecule is COCC1(C(=O)NC(C)c2ccc(OCC(C)C)cc2)CCNCC1. The molecule has 5 heteroatoms. The fourth-order valence-corrected chi connectivity index (χ4v) is 3.17. The third-order valence-electron chi connectivity index (χ3n) is 4.77. The first kappa shape index (κ1) is 19.7. The first-order valence-corrected chi connectivity index (χ1v) is 9.20. The number of hydrogen-bond donors (Lipinski definition) is 2. The summed E-state index contributed by atoms with van der Waals surface area (Å²) in [7, 11) is 1.66. The van der Waals surface area contributed by atoms with Crippen LogP contribution in [0.5, 0.6) is 5.75 Å². The van der Waals surface area contributed by atoms with E-state index in [0.717, 1.165) is 37.2 Å². The highest BCUT2D eigenvalue weighted by Crippen LogP contribution is 2.30. The largest absolute Gasteiger partial charge is 0.493 e. The molecule has 1 atom stereocenters. The Bertz CT molecular complexity index is 531. The van der Waals surface area contributed by atoms with E-state index < -0.39 is 5.41 Å². The summed E-state index contributed by atoms with van der Waals surface area (Å²) in [4.78, 5) is 12.9. The van der Waals surface area contributed by atoms with Gasteiger partial charge in [-0.05, 0) is 56.5 Å². The van der Waals surface area contributed by atoms with E-state index in [1.54, 1.807) is 7.11 Å². The molecule has 1 aliphatic heterocycles. The van der Waals surface area contributed by atoms with Crippen molar-refractivity contribution >= 4 is 5.91 Å². The van der Waals surface area contributed by atoms with Crippen LogP contribution in [0.3, 0.4) is 0 Å². The normalized spacial score (nSPS) is 18.0. The number of hydrogen-bond acceptors (Lipinski definition) is 4. The molecule has 0 bridgehead atoms. The average Bonchev–Trinajstić information content (AvgIpc) is 2.61. The van der Waals surface area contributed by atoms with Crippen molar-refractivity contribution in [1.82, 2.24) is 10.6 Å². The van der Waals surface area contributed by atoms with Gasteiger partial charge in [-0.1, -0.05) is 26.0 Å². The Morgan fingerprint density at radius 3 is 2.40 bits per heavy atom. The average molecular weight is 348 g/mol. The first-order valence-electron chi connectivity index (χ1n) is 9.20. The van der Waals surface area contributed by atoms with Crippen LogP contribution >= 0.6 is 0 Å². The lowest BCUT2D eigenvalue weighted by atomic mass is 9.78. The molecule has 0 radical (unpaired) electrons. The molecule has 0 aliphatic carbocycles. The molecule has 1 aliphatic rings. The van der Waals surface area contributed by atoms with E-state index in [0.29, 0.717) is 19.1 Å². The highest BCUT2D eigenvalue weighted by molar-refractivity contribution is 5.83. The Balaban J connectivity index is 1.97. The first-order chi connectivity index (χ1) is 12.0. The zero-order chi connectivity index (χ0) is 18.3. The molecule has 1 heterocycles. The van der Waals surface area contributed by atoms with Crippen molar-refractivity contribution in [3.05, 3.63) is 29.8 Å². The van der Waals surface area contributed by atoms with Gasteiger partial charge in [0.2, 0.25) is 5.91 Å². The van der Waals surface area contributed by atoms with E-state index in [1.807, 2.05) is 31.2 Å². The van der Waals surface area contributed by atoms with Gasteiger partial charge in [0.25, 0.3) is 0 Å². The van der Waals surface area contributed by atoms with Gasteiger partial charge in [0.1, 0.15) is 5.75 Å². The van der Waals surface area contributed by atoms with E-state index in [4.69, 9.17) is 9.47 Å². The number of carbonyl (C=O) groups is 1. The number of rotatable bonds is 8. The molecule has 1 aromatic carbocycles. The molecule has 0 spiro atoms. The minimum atomic E-state index is -0.422. The maximum Gasteiger partial charge on any atom is 0.229 e. The standard InChI is InChI=1S/C20H32N2O3/c1-15(2)13-25-18-7-5-17(6-8-18)16(3)22-19(23)20(14-24-4)9-11-21-12-10-20/h5-8,15-16,21H,9-14H2,1-4H3,(H,22,23). The number of nitrogens with one attached hydrogen (secondary N) is 2. The van der Waals surface area contributed by atoms with Crippen LogP contribution in [0.15, 0.2) is 24.3 Å². The lowest BCUT2D eigenvalue weighted by Gasteiger charge is -2.36. The third-order valence-corrected chi connectivity index (χ3v) is 4.77. The maximum absolute atomic E-state index is 12.9. The second-order valence-electron chi connectivity index (χ2n) is 7.43. The Morgan fingerprint density at radius 1 is 1.20 bits per heavy atom. The molecule has 1 unspecified atom stereocenters. The van der Waals surface area contributed by atoms with Gasteiger partial charge in [-0.3, -0.25) is 4.79 Å². The molecule has 1 aromatic rings. The minimum Gasteiger partial charge on any atom is -0.493 e. The summed E-state index contributed by atoms with van der Waals surface area (Å²) in [6.45, 7) is 9.16. The molecule has 5 nitrogen and oxygen atoms in total. The van der Waals surface area contributed by atoms with Gasteiger partial charge >= 0.3 is 0 Å². The molecular formula is C20H32N2O3. The van der Waals surface area contributed by atoms with Gasteiger partial charge in [-0.25, -0.2) is 0 Å². The van der Waals surface area contributed by atoms with Crippen LogP contribution < -0.4 is 15.4 Å². The predicted molar refractivity (Wildman–Crippen MR) is 99.7 cm³/mol. The van der Waals surface area contributed by atoms with Crippen molar-refractivity contribution in [2.45, 2.75) is 39.7 Å². The number of piperidine rings is 1. The third kappa shape index (κ3) is 5.44. The summed E-state index contributed by atoms with van der Waals surface area (Å²) in [5, 5.41) is 6.49. The number of methoxy groups -OCH3 is 1. The molecule has 1 saturated heterocycles. The Kier molecular flexibility index (Phi) is 7.26. The monoisotopic (exact) mass is 348 g/mol. The molecular weight excluding hydrogens is 316 g/mol. The quantitative estimate of drug-likeness (QED) is 0.758. The van der Waals surface area contributed by atoms with Gasteiger partial charge in [0.15, 0.2) is 0 Å². The number of carbonyl (C=O) groups excluding carboxylic acids is 1. The van der Waals surface area contributed by atoms with Crippen LogP contribution in [0.25, 0.3) is 0 Å². The molecule has 1 fully saturated rings. The van der Waals surface area contributed by atoms with E-state index >= 15 is 0 Å². The van der Waals surface area contributed by atoms with Crippen LogP contribution in [-0.4, -0.2) is 39.3 Å². The summed E-state index contributed by atoms with van der Waals surface area (Å²) in [5.74, 6) is 1.45. The van der Waals surface area contributed by atoms with E-state index in [-0.39, 0.29) is 11.9 Å². The van der Waals surface area contributed by atoms with Crippen LogP contribution in [0.2, 0.25) is 0 Å². The van der Waals surface area contributed by atoms with Gasteiger partial charge in [0, 0.05) is 7.11 Å². The zero-order valence-electron chi connectivity index (χ0n) is 15.9. The van der Waals surface area contributed by atoms with Crippen LogP contribution in [0, 0.1) is 11.3 Å². The molecule has 25 heavy (non-hydrogen) atoms. The predicted octanol–water partition coefficient (Wildman–Crippen LogP) is 2.91. The lowest BCUT2D eigenvalue weighted by Crippen LogP contribution is -2.50. The summed E-state index contributed by atoms with van der Waals surface area (Å²) in [6, 6.07) is 7.93. The van der Waals surface area contributed by atoms with E-state index in [1.165, 1.54) is 0 Å². The molecule has 0 saturated carbocycles. The van der Waals surface area contributed by atoms with Gasteiger partial charge in [-0.2, -0.15) is 0 Å². The van der Waals surface area contributed by atoms with Crippen molar-refractivity contribution in [3.63, 3.8) is 0 Å². The summed E-state index contributed by atoms with van der Waals surface area (Å²) >= 11 is 0. The van der Waals surface area contributed by atoms with Crippen molar-refractivity contribution in [2.24, 2.45) is 11.3 Å². The zero-order valence-corrected chi connectivity index (χ0v) is 15.9. The van der Waals surface area contributed by atoms with Crippen molar-refractivity contribution < 1.29 is 14.3 Å². The van der Waals surface area contributed by atoms with Crippen molar-refractivity contribution in [3.8, 4) is 5.75 Å². The van der Waals surface area contributed by atoms with Crippen molar-refractivity contribution in [2.75, 3.05) is 33.4 Å². The minimum absolute atomic E-state index is 0.0461. The lowest BCUT2D eigenvalue weighted by molar-refractivity contribution is -0.136. The molecule has 2 rings (SSSR count). The van der Waals surface area contributed by atoms with Crippen LogP contribution in [0.1, 0.15) is 45.2 Å². The van der Waals surface area contributed by atoms with Crippen LogP contribution in [0.4, 0.5) is 0 Å². The Morgan fingerprint density at radius 2 is 1.84 bits per heavy atom. The maximum atomic E-state index is 12.9. The van der Waals surface area contributed by atoms with E-state index in [9.17, 15) is 4.79 Å². The highest BCUT2D eigenvalue weighted by Gasteiger charge is 2.40. The molecule has 2 N–H and O–H groups in total. The smallest absolute Gasteiger partial charge is 0.229 e. The second-order valence-corrected chi connectivity index (χ2v) is 7.43. The highest BCUT2D eigenvalue weighted by atomic mass is 16.5. The fourth-order valence-electron chi connectivity index (χ4n) is 3.17. The van der Waals surface area contributed by atoms with Crippen LogP contribution in [-0.2, 0) is 9.53 Å². The summed E-state index contributed by atoms with van der Waals surface area (Å²) < 4.78 is 11.1. The van der Waals surface area contributed by atoms with Gasteiger partial charge in [0.05, 0.1) is 24.7 Å². The topological polar surface area (TPSA) is 59.6 Å². The number of ether oxygens (including phenoxy) is 2. The fraction of sp³-hybridized carbons (Fsp3) is 0.650. The molecule has 1 amide bonds.